The molecule has 0 saturated heterocycles. The fraction of sp³-hybridized carbons (Fsp3) is 0.345. The molecule has 4 heteroatoms. The zero-order chi connectivity index (χ0) is 23.0. The van der Waals surface area contributed by atoms with Crippen molar-refractivity contribution in [3.05, 3.63) is 95.1 Å². The molecule has 0 aliphatic heterocycles. The molecule has 4 rings (SSSR count). The summed E-state index contributed by atoms with van der Waals surface area (Å²) >= 11 is 0. The van der Waals surface area contributed by atoms with Crippen LogP contribution in [0.5, 0.6) is 0 Å². The molecular weight excluding hydrogens is 408 g/mol. The highest BCUT2D eigenvalue weighted by Gasteiger charge is 2.19. The van der Waals surface area contributed by atoms with E-state index in [0.717, 1.165) is 43.2 Å². The van der Waals surface area contributed by atoms with Gasteiger partial charge in [0.25, 0.3) is 5.91 Å². The first kappa shape index (κ1) is 23.2. The van der Waals surface area contributed by atoms with Gasteiger partial charge in [-0.1, -0.05) is 60.7 Å². The topological polar surface area (TPSA) is 50.4 Å². The van der Waals surface area contributed by atoms with Crippen molar-refractivity contribution in [2.75, 3.05) is 14.2 Å². The Hall–Kier alpha value is -2.95. The van der Waals surface area contributed by atoms with Crippen LogP contribution >= 0.6 is 0 Å². The number of aryl methyl sites for hydroxylation is 1. The second-order valence-electron chi connectivity index (χ2n) is 8.82. The molecule has 3 aromatic carbocycles. The molecular formula is C29H34N2O2. The van der Waals surface area contributed by atoms with E-state index in [1.54, 1.807) is 7.11 Å². The summed E-state index contributed by atoms with van der Waals surface area (Å²) < 4.78 is 5.57. The van der Waals surface area contributed by atoms with E-state index in [0.29, 0.717) is 11.6 Å². The molecule has 0 saturated carbocycles. The van der Waals surface area contributed by atoms with Gasteiger partial charge in [0.15, 0.2) is 0 Å². The fourth-order valence-corrected chi connectivity index (χ4v) is 4.77. The molecule has 1 aliphatic carbocycles. The van der Waals surface area contributed by atoms with Gasteiger partial charge >= 0.3 is 0 Å². The minimum atomic E-state index is -0.292. The number of carbonyl (C=O) groups excluding carboxylic acids is 1. The van der Waals surface area contributed by atoms with Crippen LogP contribution in [0.15, 0.2) is 72.8 Å². The van der Waals surface area contributed by atoms with Gasteiger partial charge in [-0.05, 0) is 85.5 Å². The number of benzene rings is 3. The summed E-state index contributed by atoms with van der Waals surface area (Å²) in [6.07, 6.45) is 5.92. The summed E-state index contributed by atoms with van der Waals surface area (Å²) in [6.45, 7) is 0. The Morgan fingerprint density at radius 2 is 1.76 bits per heavy atom. The van der Waals surface area contributed by atoms with Crippen molar-refractivity contribution < 1.29 is 9.53 Å². The molecule has 0 heterocycles. The number of amides is 1. The summed E-state index contributed by atoms with van der Waals surface area (Å²) in [5.41, 5.74) is 7.34. The molecule has 1 amide bonds. The molecule has 33 heavy (non-hydrogen) atoms. The number of methoxy groups -OCH3 is 1. The van der Waals surface area contributed by atoms with E-state index in [-0.39, 0.29) is 12.1 Å². The molecule has 4 nitrogen and oxygen atoms in total. The second kappa shape index (κ2) is 11.3. The molecule has 0 bridgehead atoms. The normalized spacial score (nSPS) is 16.1. The third-order valence-corrected chi connectivity index (χ3v) is 6.73. The van der Waals surface area contributed by atoms with Crippen molar-refractivity contribution in [3.63, 3.8) is 0 Å². The first-order valence-electron chi connectivity index (χ1n) is 11.9. The Kier molecular flexibility index (Phi) is 7.92. The lowest BCUT2D eigenvalue weighted by Crippen LogP contribution is -2.36. The van der Waals surface area contributed by atoms with Crippen molar-refractivity contribution in [2.24, 2.45) is 0 Å². The van der Waals surface area contributed by atoms with Crippen LogP contribution in [-0.4, -0.2) is 32.3 Å². The third kappa shape index (κ3) is 5.89. The van der Waals surface area contributed by atoms with Crippen LogP contribution in [0, 0.1) is 0 Å². The highest BCUT2D eigenvalue weighted by atomic mass is 16.5. The number of rotatable bonds is 9. The number of nitrogens with one attached hydrogen (secondary N) is 2. The molecule has 0 radical (unpaired) electrons. The van der Waals surface area contributed by atoms with E-state index in [2.05, 4.69) is 48.0 Å². The van der Waals surface area contributed by atoms with Crippen molar-refractivity contribution in [3.8, 4) is 11.1 Å². The SMILES string of the molecule is CNC1CCc2c(CCCC(NC(=O)c3ccc(-c4ccccc4)cc3)OC)cccc2C1. The van der Waals surface area contributed by atoms with Crippen molar-refractivity contribution in [1.29, 1.82) is 0 Å². The summed E-state index contributed by atoms with van der Waals surface area (Å²) in [5.74, 6) is -0.100. The van der Waals surface area contributed by atoms with Gasteiger partial charge < -0.3 is 15.4 Å². The lowest BCUT2D eigenvalue weighted by atomic mass is 9.84. The second-order valence-corrected chi connectivity index (χ2v) is 8.82. The van der Waals surface area contributed by atoms with Crippen LogP contribution < -0.4 is 10.6 Å². The number of likely N-dealkylation sites (N-methyl/N-ethyl adjacent to an activating group) is 1. The zero-order valence-corrected chi connectivity index (χ0v) is 19.6. The Labute approximate surface area is 197 Å². The van der Waals surface area contributed by atoms with Crippen LogP contribution in [0.4, 0.5) is 0 Å². The first-order chi connectivity index (χ1) is 16.2. The molecule has 0 fully saturated rings. The molecule has 172 valence electrons. The van der Waals surface area contributed by atoms with Gasteiger partial charge in [0.2, 0.25) is 0 Å². The molecule has 0 spiro atoms. The maximum absolute atomic E-state index is 12.7. The number of ether oxygens (including phenoxy) is 1. The van der Waals surface area contributed by atoms with Crippen LogP contribution in [-0.2, 0) is 24.0 Å². The minimum absolute atomic E-state index is 0.100. The summed E-state index contributed by atoms with van der Waals surface area (Å²) in [5, 5.41) is 6.45. The van der Waals surface area contributed by atoms with Crippen LogP contribution in [0.2, 0.25) is 0 Å². The Morgan fingerprint density at radius 1 is 1.00 bits per heavy atom. The zero-order valence-electron chi connectivity index (χ0n) is 19.6. The van der Waals surface area contributed by atoms with Crippen LogP contribution in [0.25, 0.3) is 11.1 Å². The highest BCUT2D eigenvalue weighted by molar-refractivity contribution is 5.94. The molecule has 0 aromatic heterocycles. The van der Waals surface area contributed by atoms with E-state index in [1.807, 2.05) is 42.5 Å². The van der Waals surface area contributed by atoms with E-state index in [1.165, 1.54) is 23.1 Å². The smallest absolute Gasteiger partial charge is 0.253 e. The first-order valence-corrected chi connectivity index (χ1v) is 11.9. The van der Waals surface area contributed by atoms with Gasteiger partial charge in [0.05, 0.1) is 0 Å². The van der Waals surface area contributed by atoms with Crippen LogP contribution in [0.1, 0.15) is 46.3 Å². The Bertz CT molecular complexity index is 1050. The molecule has 2 unspecified atom stereocenters. The predicted molar refractivity (Wildman–Crippen MR) is 134 cm³/mol. The highest BCUT2D eigenvalue weighted by Crippen LogP contribution is 2.26. The molecule has 2 N–H and O–H groups in total. The summed E-state index contributed by atoms with van der Waals surface area (Å²) in [4.78, 5) is 12.7. The monoisotopic (exact) mass is 442 g/mol. The van der Waals surface area contributed by atoms with Crippen LogP contribution in [0.3, 0.4) is 0 Å². The number of fused-ring (bicyclic) bond motifs is 1. The average Bonchev–Trinajstić information content (AvgIpc) is 2.88. The van der Waals surface area contributed by atoms with Gasteiger partial charge in [0.1, 0.15) is 6.23 Å². The molecule has 2 atom stereocenters. The molecule has 3 aromatic rings. The minimum Gasteiger partial charge on any atom is -0.362 e. The number of carbonyl (C=O) groups is 1. The van der Waals surface area contributed by atoms with E-state index in [4.69, 9.17) is 4.74 Å². The fourth-order valence-electron chi connectivity index (χ4n) is 4.77. The number of hydrogen-bond donors (Lipinski definition) is 2. The van der Waals surface area contributed by atoms with Gasteiger partial charge in [-0.3, -0.25) is 4.79 Å². The average molecular weight is 443 g/mol. The lowest BCUT2D eigenvalue weighted by Gasteiger charge is -2.26. The van der Waals surface area contributed by atoms with Crippen molar-refractivity contribution in [1.82, 2.24) is 10.6 Å². The lowest BCUT2D eigenvalue weighted by molar-refractivity contribution is 0.0530. The quantitative estimate of drug-likeness (QED) is 0.450. The van der Waals surface area contributed by atoms with Gasteiger partial charge in [-0.15, -0.1) is 0 Å². The predicted octanol–water partition coefficient (Wildman–Crippen LogP) is 5.16. The van der Waals surface area contributed by atoms with E-state index >= 15 is 0 Å². The van der Waals surface area contributed by atoms with Gasteiger partial charge in [-0.25, -0.2) is 0 Å². The van der Waals surface area contributed by atoms with E-state index < -0.39 is 0 Å². The third-order valence-electron chi connectivity index (χ3n) is 6.73. The van der Waals surface area contributed by atoms with E-state index in [9.17, 15) is 4.79 Å². The largest absolute Gasteiger partial charge is 0.362 e. The van der Waals surface area contributed by atoms with Crippen molar-refractivity contribution in [2.45, 2.75) is 50.8 Å². The maximum Gasteiger partial charge on any atom is 0.253 e. The Morgan fingerprint density at radius 3 is 2.48 bits per heavy atom. The molecule has 1 aliphatic rings. The van der Waals surface area contributed by atoms with Gasteiger partial charge in [-0.2, -0.15) is 0 Å². The number of hydrogen-bond acceptors (Lipinski definition) is 3. The van der Waals surface area contributed by atoms with Gasteiger partial charge in [0, 0.05) is 18.7 Å². The Balaban J connectivity index is 1.31. The maximum atomic E-state index is 12.7. The van der Waals surface area contributed by atoms with Crippen molar-refractivity contribution >= 4 is 5.91 Å². The standard InChI is InChI=1S/C29H34N2O2/c1-30-26-18-19-27-23(10-6-12-25(27)20-26)11-7-13-28(33-2)31-29(32)24-16-14-22(15-17-24)21-8-4-3-5-9-21/h3-6,8-10,12,14-17,26,28,30H,7,11,13,18-20H2,1-2H3,(H,31,32). The summed E-state index contributed by atoms with van der Waals surface area (Å²) in [6, 6.07) is 25.2. The summed E-state index contributed by atoms with van der Waals surface area (Å²) in [7, 11) is 3.71.